The van der Waals surface area contributed by atoms with Crippen LogP contribution in [0.15, 0.2) is 36.8 Å². The van der Waals surface area contributed by atoms with Gasteiger partial charge in [-0.25, -0.2) is 4.39 Å². The lowest BCUT2D eigenvalue weighted by Crippen LogP contribution is -2.04. The molecule has 1 aromatic carbocycles. The second kappa shape index (κ2) is 5.16. The Morgan fingerprint density at radius 2 is 2.33 bits per heavy atom. The van der Waals surface area contributed by atoms with Crippen molar-refractivity contribution in [3.05, 3.63) is 58.3 Å². The first kappa shape index (κ1) is 13.0. The Morgan fingerprint density at radius 1 is 1.48 bits per heavy atom. The van der Waals surface area contributed by atoms with E-state index in [0.717, 1.165) is 11.6 Å². The van der Waals surface area contributed by atoms with E-state index >= 15 is 0 Å². The number of pyridine rings is 1. The molecule has 21 heavy (non-hydrogen) atoms. The molecule has 0 saturated heterocycles. The van der Waals surface area contributed by atoms with Crippen LogP contribution in [0.4, 0.5) is 15.8 Å². The van der Waals surface area contributed by atoms with Crippen molar-refractivity contribution in [1.82, 2.24) is 15.2 Å². The molecule has 2 N–H and O–H groups in total. The first-order valence-corrected chi connectivity index (χ1v) is 6.10. The van der Waals surface area contributed by atoms with Crippen LogP contribution >= 0.6 is 0 Å². The third kappa shape index (κ3) is 2.38. The van der Waals surface area contributed by atoms with Crippen molar-refractivity contribution in [2.45, 2.75) is 6.54 Å². The number of aromatic amines is 1. The summed E-state index contributed by atoms with van der Waals surface area (Å²) in [5, 5.41) is 20.6. The van der Waals surface area contributed by atoms with Gasteiger partial charge in [0.2, 0.25) is 0 Å². The second-order valence-corrected chi connectivity index (χ2v) is 4.37. The molecule has 3 rings (SSSR count). The van der Waals surface area contributed by atoms with Crippen molar-refractivity contribution in [3.8, 4) is 0 Å². The molecule has 0 radical (unpaired) electrons. The minimum absolute atomic E-state index is 0.136. The van der Waals surface area contributed by atoms with Gasteiger partial charge in [0.1, 0.15) is 5.52 Å². The van der Waals surface area contributed by atoms with Crippen molar-refractivity contribution < 1.29 is 9.31 Å². The van der Waals surface area contributed by atoms with E-state index in [1.54, 1.807) is 24.5 Å². The van der Waals surface area contributed by atoms with E-state index in [-0.39, 0.29) is 16.9 Å². The van der Waals surface area contributed by atoms with Crippen LogP contribution in [0.1, 0.15) is 5.56 Å². The summed E-state index contributed by atoms with van der Waals surface area (Å²) in [5.41, 5.74) is 0.895. The van der Waals surface area contributed by atoms with Crippen molar-refractivity contribution in [2.75, 3.05) is 5.32 Å². The van der Waals surface area contributed by atoms with Crippen LogP contribution in [0.3, 0.4) is 0 Å². The summed E-state index contributed by atoms with van der Waals surface area (Å²) in [6.07, 6.45) is 4.74. The van der Waals surface area contributed by atoms with Crippen LogP contribution in [0.25, 0.3) is 10.9 Å². The zero-order valence-electron chi connectivity index (χ0n) is 10.7. The molecule has 0 saturated carbocycles. The Hall–Kier alpha value is -3.03. The number of nitrogens with one attached hydrogen (secondary N) is 2. The number of aromatic nitrogens is 3. The van der Waals surface area contributed by atoms with Gasteiger partial charge in [0.05, 0.1) is 28.3 Å². The largest absolute Gasteiger partial charge is 0.377 e. The van der Waals surface area contributed by atoms with Gasteiger partial charge in [-0.2, -0.15) is 5.10 Å². The van der Waals surface area contributed by atoms with Crippen molar-refractivity contribution in [3.63, 3.8) is 0 Å². The highest BCUT2D eigenvalue weighted by Gasteiger charge is 2.19. The van der Waals surface area contributed by atoms with Gasteiger partial charge in [-0.1, -0.05) is 0 Å². The summed E-state index contributed by atoms with van der Waals surface area (Å²) in [4.78, 5) is 14.4. The molecule has 0 aliphatic heterocycles. The zero-order chi connectivity index (χ0) is 14.8. The van der Waals surface area contributed by atoms with Crippen molar-refractivity contribution in [1.29, 1.82) is 0 Å². The van der Waals surface area contributed by atoms with Gasteiger partial charge in [-0.05, 0) is 12.1 Å². The minimum atomic E-state index is -0.712. The van der Waals surface area contributed by atoms with E-state index in [4.69, 9.17) is 0 Å². The molecule has 106 valence electrons. The van der Waals surface area contributed by atoms with E-state index in [9.17, 15) is 14.5 Å². The Balaban J connectivity index is 2.08. The number of nitro benzene ring substituents is 1. The summed E-state index contributed by atoms with van der Waals surface area (Å²) in [5.74, 6) is -0.712. The normalized spacial score (nSPS) is 10.7. The quantitative estimate of drug-likeness (QED) is 0.568. The fourth-order valence-corrected chi connectivity index (χ4v) is 2.08. The highest BCUT2D eigenvalue weighted by atomic mass is 19.1. The van der Waals surface area contributed by atoms with Gasteiger partial charge < -0.3 is 5.32 Å². The average molecular weight is 287 g/mol. The number of H-pyrrole nitrogens is 1. The number of anilines is 1. The predicted molar refractivity (Wildman–Crippen MR) is 74.3 cm³/mol. The third-order valence-corrected chi connectivity index (χ3v) is 3.04. The number of nitrogens with zero attached hydrogens (tertiary/aromatic N) is 3. The maximum atomic E-state index is 14.1. The van der Waals surface area contributed by atoms with E-state index in [0.29, 0.717) is 11.9 Å². The Labute approximate surface area is 118 Å². The molecule has 3 aromatic rings. The van der Waals surface area contributed by atoms with Gasteiger partial charge in [0, 0.05) is 24.5 Å². The molecule has 0 unspecified atom stereocenters. The van der Waals surface area contributed by atoms with Gasteiger partial charge >= 0.3 is 0 Å². The first-order valence-electron chi connectivity index (χ1n) is 6.10. The fraction of sp³-hybridized carbons (Fsp3) is 0.0769. The number of non-ortho nitro benzene ring substituents is 1. The summed E-state index contributed by atoms with van der Waals surface area (Å²) < 4.78 is 14.1. The average Bonchev–Trinajstić information content (AvgIpc) is 2.98. The molecule has 0 fully saturated rings. The Morgan fingerprint density at radius 3 is 3.05 bits per heavy atom. The van der Waals surface area contributed by atoms with Crippen LogP contribution in [0.5, 0.6) is 0 Å². The molecule has 0 spiro atoms. The van der Waals surface area contributed by atoms with Gasteiger partial charge in [0.25, 0.3) is 5.69 Å². The smallest absolute Gasteiger partial charge is 0.281 e. The molecular weight excluding hydrogens is 277 g/mol. The van der Waals surface area contributed by atoms with Crippen LogP contribution in [0.2, 0.25) is 0 Å². The van der Waals surface area contributed by atoms with E-state index < -0.39 is 10.7 Å². The molecular formula is C13H10FN5O2. The maximum absolute atomic E-state index is 14.1. The van der Waals surface area contributed by atoms with Gasteiger partial charge in [-0.15, -0.1) is 0 Å². The highest BCUT2D eigenvalue weighted by molar-refractivity contribution is 5.97. The molecule has 2 aromatic heterocycles. The molecule has 2 heterocycles. The highest BCUT2D eigenvalue weighted by Crippen LogP contribution is 2.32. The van der Waals surface area contributed by atoms with Crippen molar-refractivity contribution >= 4 is 22.3 Å². The molecule has 0 bridgehead atoms. The molecule has 0 aliphatic rings. The summed E-state index contributed by atoms with van der Waals surface area (Å²) in [7, 11) is 0. The number of benzene rings is 1. The van der Waals surface area contributed by atoms with Gasteiger partial charge in [-0.3, -0.25) is 20.2 Å². The number of nitro groups is 1. The van der Waals surface area contributed by atoms with E-state index in [2.05, 4.69) is 20.5 Å². The van der Waals surface area contributed by atoms with Crippen molar-refractivity contribution in [2.24, 2.45) is 0 Å². The number of hydrogen-bond donors (Lipinski definition) is 2. The lowest BCUT2D eigenvalue weighted by Gasteiger charge is -2.09. The lowest BCUT2D eigenvalue weighted by atomic mass is 10.1. The molecule has 8 heteroatoms. The third-order valence-electron chi connectivity index (χ3n) is 3.04. The Kier molecular flexibility index (Phi) is 3.19. The summed E-state index contributed by atoms with van der Waals surface area (Å²) in [6.45, 7) is 0.330. The van der Waals surface area contributed by atoms with Gasteiger partial charge in [0.15, 0.2) is 5.82 Å². The number of rotatable bonds is 4. The second-order valence-electron chi connectivity index (χ2n) is 4.37. The summed E-state index contributed by atoms with van der Waals surface area (Å²) >= 11 is 0. The molecule has 0 amide bonds. The zero-order valence-corrected chi connectivity index (χ0v) is 10.7. The summed E-state index contributed by atoms with van der Waals surface area (Å²) in [6, 6.07) is 4.03. The van der Waals surface area contributed by atoms with Crippen LogP contribution < -0.4 is 5.32 Å². The monoisotopic (exact) mass is 287 g/mol. The molecule has 0 aliphatic carbocycles. The Bertz CT molecular complexity index is 804. The predicted octanol–water partition coefficient (Wildman–Crippen LogP) is 2.62. The lowest BCUT2D eigenvalue weighted by molar-refractivity contribution is -0.383. The van der Waals surface area contributed by atoms with Crippen LogP contribution in [-0.2, 0) is 6.54 Å². The number of hydrogen-bond acceptors (Lipinski definition) is 5. The van der Waals surface area contributed by atoms with E-state index in [1.165, 1.54) is 6.20 Å². The first-order chi connectivity index (χ1) is 10.2. The molecule has 0 atom stereocenters. The van der Waals surface area contributed by atoms with Crippen LogP contribution in [0, 0.1) is 15.9 Å². The maximum Gasteiger partial charge on any atom is 0.281 e. The molecule has 7 nitrogen and oxygen atoms in total. The van der Waals surface area contributed by atoms with E-state index in [1.807, 2.05) is 0 Å². The fourth-order valence-electron chi connectivity index (χ4n) is 2.08. The SMILES string of the molecule is O=[N+]([O-])c1cc(F)c(NCc2cn[nH]c2)c2ncccc12. The number of halogens is 1. The topological polar surface area (TPSA) is 96.7 Å². The number of fused-ring (bicyclic) bond motifs is 1. The van der Waals surface area contributed by atoms with Crippen LogP contribution in [-0.4, -0.2) is 20.1 Å². The minimum Gasteiger partial charge on any atom is -0.377 e. The standard InChI is InChI=1S/C13H10FN5O2/c14-10-4-11(19(20)21)9-2-1-3-15-12(9)13(10)16-5-8-6-17-18-7-8/h1-4,6-7,16H,5H2,(H,17,18).